The van der Waals surface area contributed by atoms with Crippen molar-refractivity contribution < 1.29 is 26.4 Å². The molecule has 0 radical (unpaired) electrons. The highest BCUT2D eigenvalue weighted by Crippen LogP contribution is 2.35. The Morgan fingerprint density at radius 1 is 1.00 bits per heavy atom. The number of nitrogens with zero attached hydrogens (tertiary/aromatic N) is 2. The van der Waals surface area contributed by atoms with Gasteiger partial charge in [-0.05, 0) is 87.6 Å². The summed E-state index contributed by atoms with van der Waals surface area (Å²) in [5, 5.41) is 5.13. The molecule has 1 heterocycles. The Morgan fingerprint density at radius 3 is 1.97 bits per heavy atom. The van der Waals surface area contributed by atoms with Gasteiger partial charge in [0.15, 0.2) is 0 Å². The van der Waals surface area contributed by atoms with Crippen molar-refractivity contribution in [3.8, 4) is 0 Å². The average molecular weight is 522 g/mol. The van der Waals surface area contributed by atoms with Crippen LogP contribution in [0.4, 0.5) is 5.69 Å². The first-order valence-corrected chi connectivity index (χ1v) is 14.2. The summed E-state index contributed by atoms with van der Waals surface area (Å²) in [6, 6.07) is 5.16. The van der Waals surface area contributed by atoms with Crippen molar-refractivity contribution in [3.63, 3.8) is 0 Å². The van der Waals surface area contributed by atoms with E-state index in [9.17, 15) is 26.4 Å². The van der Waals surface area contributed by atoms with Crippen molar-refractivity contribution >= 4 is 37.5 Å². The number of primary sulfonamides is 1. The molecular weight excluding hydrogens is 490 g/mol. The first-order chi connectivity index (χ1) is 16.1. The van der Waals surface area contributed by atoms with Gasteiger partial charge in [-0.25, -0.2) is 26.9 Å². The van der Waals surface area contributed by atoms with Crippen molar-refractivity contribution in [2.45, 2.75) is 76.3 Å². The van der Waals surface area contributed by atoms with E-state index in [4.69, 9.17) is 5.14 Å². The summed E-state index contributed by atoms with van der Waals surface area (Å²) in [5.41, 5.74) is 3.00. The highest BCUT2D eigenvalue weighted by Gasteiger charge is 2.49. The van der Waals surface area contributed by atoms with Gasteiger partial charge >= 0.3 is 0 Å². The fraction of sp³-hybridized carbons (Fsp3) is 0.417. The molecule has 0 bridgehead atoms. The Morgan fingerprint density at radius 2 is 1.51 bits per heavy atom. The molecule has 1 aliphatic rings. The molecule has 9 nitrogen and oxygen atoms in total. The van der Waals surface area contributed by atoms with Crippen LogP contribution in [-0.2, 0) is 29.6 Å². The first kappa shape index (κ1) is 27.0. The SMILES string of the molecule is CCC(C)N(C1CC(=O)N(c2ccc(S(N)(=O)=O)cc2)C1=O)S(=O)(=O)c1c(C)c(C)cc(C)c1C. The molecule has 2 unspecified atom stereocenters. The van der Waals surface area contributed by atoms with Crippen molar-refractivity contribution in [3.05, 3.63) is 52.6 Å². The molecule has 2 atom stereocenters. The molecule has 2 amide bonds. The third-order valence-corrected chi connectivity index (χ3v) is 9.94. The summed E-state index contributed by atoms with van der Waals surface area (Å²) < 4.78 is 52.4. The molecule has 1 saturated heterocycles. The van der Waals surface area contributed by atoms with E-state index in [1.165, 1.54) is 28.6 Å². The Balaban J connectivity index is 2.10. The van der Waals surface area contributed by atoms with Crippen LogP contribution in [-0.4, -0.2) is 45.0 Å². The number of rotatable bonds is 7. The van der Waals surface area contributed by atoms with E-state index in [1.807, 2.05) is 26.8 Å². The number of benzene rings is 2. The number of hydrogen-bond acceptors (Lipinski definition) is 6. The number of hydrogen-bond donors (Lipinski definition) is 1. The zero-order chi connectivity index (χ0) is 26.5. The zero-order valence-corrected chi connectivity index (χ0v) is 22.3. The molecule has 0 saturated carbocycles. The van der Waals surface area contributed by atoms with Gasteiger partial charge in [0.2, 0.25) is 26.0 Å². The first-order valence-electron chi connectivity index (χ1n) is 11.2. The van der Waals surface area contributed by atoms with Gasteiger partial charge < -0.3 is 0 Å². The lowest BCUT2D eigenvalue weighted by Crippen LogP contribution is -2.49. The van der Waals surface area contributed by atoms with E-state index in [2.05, 4.69) is 0 Å². The summed E-state index contributed by atoms with van der Waals surface area (Å²) in [6.45, 7) is 10.7. The Kier molecular flexibility index (Phi) is 7.29. The van der Waals surface area contributed by atoms with Crippen LogP contribution in [0, 0.1) is 27.7 Å². The van der Waals surface area contributed by atoms with Crippen LogP contribution in [0.1, 0.15) is 48.9 Å². The van der Waals surface area contributed by atoms with Gasteiger partial charge in [-0.1, -0.05) is 13.0 Å². The maximum absolute atomic E-state index is 14.1. The van der Waals surface area contributed by atoms with Gasteiger partial charge in [0.25, 0.3) is 5.91 Å². The molecule has 190 valence electrons. The van der Waals surface area contributed by atoms with Crippen LogP contribution in [0.25, 0.3) is 0 Å². The summed E-state index contributed by atoms with van der Waals surface area (Å²) in [7, 11) is -8.10. The van der Waals surface area contributed by atoms with Gasteiger partial charge in [-0.2, -0.15) is 4.31 Å². The topological polar surface area (TPSA) is 135 Å². The number of imide groups is 1. The Bertz CT molecular complexity index is 1370. The fourth-order valence-corrected chi connectivity index (χ4v) is 7.38. The van der Waals surface area contributed by atoms with Crippen LogP contribution in [0.5, 0.6) is 0 Å². The maximum Gasteiger partial charge on any atom is 0.252 e. The lowest BCUT2D eigenvalue weighted by Gasteiger charge is -2.33. The minimum absolute atomic E-state index is 0.148. The minimum atomic E-state index is -4.15. The summed E-state index contributed by atoms with van der Waals surface area (Å²) in [5.74, 6) is -1.25. The number of nitrogens with two attached hydrogens (primary N) is 1. The van der Waals surface area contributed by atoms with E-state index < -0.39 is 43.9 Å². The van der Waals surface area contributed by atoms with Gasteiger partial charge in [-0.15, -0.1) is 0 Å². The average Bonchev–Trinajstić information content (AvgIpc) is 3.05. The Labute approximate surface area is 207 Å². The third-order valence-electron chi connectivity index (χ3n) is 6.71. The summed E-state index contributed by atoms with van der Waals surface area (Å²) in [4.78, 5) is 27.3. The predicted molar refractivity (Wildman–Crippen MR) is 133 cm³/mol. The van der Waals surface area contributed by atoms with Crippen LogP contribution in [0.2, 0.25) is 0 Å². The molecule has 2 N–H and O–H groups in total. The quantitative estimate of drug-likeness (QED) is 0.557. The van der Waals surface area contributed by atoms with Crippen LogP contribution < -0.4 is 10.0 Å². The van der Waals surface area contributed by atoms with Gasteiger partial charge in [0, 0.05) is 6.04 Å². The smallest absolute Gasteiger partial charge is 0.252 e. The number of sulfonamides is 2. The lowest BCUT2D eigenvalue weighted by molar-refractivity contribution is -0.122. The third kappa shape index (κ3) is 4.77. The lowest BCUT2D eigenvalue weighted by atomic mass is 10.0. The monoisotopic (exact) mass is 521 g/mol. The molecule has 1 fully saturated rings. The van der Waals surface area contributed by atoms with E-state index in [0.29, 0.717) is 17.5 Å². The molecule has 2 aromatic carbocycles. The normalized spacial score (nSPS) is 17.9. The van der Waals surface area contributed by atoms with E-state index >= 15 is 0 Å². The largest absolute Gasteiger partial charge is 0.274 e. The number of aryl methyl sites for hydroxylation is 2. The molecule has 1 aliphatic heterocycles. The van der Waals surface area contributed by atoms with Crippen LogP contribution in [0.15, 0.2) is 40.1 Å². The molecule has 0 spiro atoms. The van der Waals surface area contributed by atoms with E-state index in [1.54, 1.807) is 20.8 Å². The number of anilines is 1. The number of carbonyl (C=O) groups excluding carboxylic acids is 2. The number of carbonyl (C=O) groups is 2. The van der Waals surface area contributed by atoms with Gasteiger partial charge in [-0.3, -0.25) is 9.59 Å². The molecule has 35 heavy (non-hydrogen) atoms. The molecule has 0 aromatic heterocycles. The second-order valence-corrected chi connectivity index (χ2v) is 12.3. The zero-order valence-electron chi connectivity index (χ0n) is 20.7. The maximum atomic E-state index is 14.1. The highest BCUT2D eigenvalue weighted by atomic mass is 32.2. The fourth-order valence-electron chi connectivity index (χ4n) is 4.44. The van der Waals surface area contributed by atoms with E-state index in [-0.39, 0.29) is 21.9 Å². The molecule has 2 aromatic rings. The molecular formula is C24H31N3O6S2. The van der Waals surface area contributed by atoms with E-state index in [0.717, 1.165) is 16.0 Å². The highest BCUT2D eigenvalue weighted by molar-refractivity contribution is 7.89. The molecule has 11 heteroatoms. The van der Waals surface area contributed by atoms with Gasteiger partial charge in [0.05, 0.1) is 21.9 Å². The van der Waals surface area contributed by atoms with Crippen LogP contribution >= 0.6 is 0 Å². The second-order valence-electron chi connectivity index (χ2n) is 9.01. The Hall–Kier alpha value is -2.60. The second kappa shape index (κ2) is 9.45. The molecule has 0 aliphatic carbocycles. The predicted octanol–water partition coefficient (Wildman–Crippen LogP) is 2.69. The van der Waals surface area contributed by atoms with Crippen molar-refractivity contribution in [2.75, 3.05) is 4.90 Å². The number of amides is 2. The summed E-state index contributed by atoms with van der Waals surface area (Å²) in [6.07, 6.45) is 0.116. The molecule has 3 rings (SSSR count). The standard InChI is InChI=1S/C24H31N3O6S2/c1-7-16(4)27(35(32,33)23-17(5)14(2)12-15(3)18(23)6)21-13-22(28)26(24(21)29)19-8-10-20(11-9-19)34(25,30)31/h8-12,16,21H,7,13H2,1-6H3,(H2,25,30,31). The summed E-state index contributed by atoms with van der Waals surface area (Å²) >= 11 is 0. The minimum Gasteiger partial charge on any atom is -0.274 e. The van der Waals surface area contributed by atoms with Crippen LogP contribution in [0.3, 0.4) is 0 Å². The van der Waals surface area contributed by atoms with Gasteiger partial charge in [0.1, 0.15) is 6.04 Å². The van der Waals surface area contributed by atoms with Crippen molar-refractivity contribution in [1.29, 1.82) is 0 Å². The van der Waals surface area contributed by atoms with Crippen molar-refractivity contribution in [2.24, 2.45) is 5.14 Å². The van der Waals surface area contributed by atoms with Crippen molar-refractivity contribution in [1.82, 2.24) is 4.31 Å².